The molecule has 0 heterocycles. The minimum atomic E-state index is -5.81. The van der Waals surface area contributed by atoms with Crippen LogP contribution >= 0.6 is 0 Å². The molecule has 0 saturated heterocycles. The number of benzene rings is 2. The molecule has 5 nitrogen and oxygen atoms in total. The Morgan fingerprint density at radius 1 is 0.919 bits per heavy atom. The maximum atomic E-state index is 12.8. The van der Waals surface area contributed by atoms with Crippen LogP contribution in [0, 0.1) is 17.3 Å². The van der Waals surface area contributed by atoms with Gasteiger partial charge in [0.25, 0.3) is 0 Å². The van der Waals surface area contributed by atoms with E-state index in [2.05, 4.69) is 25.5 Å². The summed E-state index contributed by atoms with van der Waals surface area (Å²) in [7, 11) is 0. The summed E-state index contributed by atoms with van der Waals surface area (Å²) >= 11 is 0. The number of fused-ring (bicyclic) bond motifs is 1. The van der Waals surface area contributed by atoms with E-state index in [1.54, 1.807) is 24.3 Å². The van der Waals surface area contributed by atoms with Crippen molar-refractivity contribution in [2.24, 2.45) is 17.3 Å². The summed E-state index contributed by atoms with van der Waals surface area (Å²) < 4.78 is 76.9. The van der Waals surface area contributed by atoms with Gasteiger partial charge in [0.1, 0.15) is 12.4 Å². The summed E-state index contributed by atoms with van der Waals surface area (Å²) in [6.45, 7) is 7.53. The quantitative estimate of drug-likeness (QED) is 0.216. The minimum absolute atomic E-state index is 0.0293. The Balaban J connectivity index is 1.95. The van der Waals surface area contributed by atoms with Gasteiger partial charge in [-0.25, -0.2) is 4.79 Å². The minimum Gasteiger partial charge on any atom is -0.482 e. The summed E-state index contributed by atoms with van der Waals surface area (Å²) in [5.74, 6) is -6.60. The average Bonchev–Trinajstić information content (AvgIpc) is 2.82. The Hall–Kier alpha value is -2.91. The predicted molar refractivity (Wildman–Crippen MR) is 128 cm³/mol. The number of alkyl halides is 5. The predicted octanol–water partition coefficient (Wildman–Crippen LogP) is 7.10. The van der Waals surface area contributed by atoms with Crippen LogP contribution in [-0.2, 0) is 25.7 Å². The molecule has 0 fully saturated rings. The molecule has 0 aliphatic rings. The van der Waals surface area contributed by atoms with E-state index in [-0.39, 0.29) is 35.6 Å². The van der Waals surface area contributed by atoms with Gasteiger partial charge in [-0.05, 0) is 52.3 Å². The molecule has 2 aromatic rings. The molecule has 0 N–H and O–H groups in total. The SMILES string of the molecule is CCC(C)(C)CC(C(=O)OCc1ccc2cc(OCC(=O)OCC(F)(F)C(F)(F)F)ccc2c1)C(C)C. The van der Waals surface area contributed by atoms with Crippen LogP contribution in [0.5, 0.6) is 5.75 Å². The summed E-state index contributed by atoms with van der Waals surface area (Å²) in [5, 5.41) is 1.51. The number of ether oxygens (including phenoxy) is 3. The van der Waals surface area contributed by atoms with Gasteiger partial charge in [-0.2, -0.15) is 22.0 Å². The summed E-state index contributed by atoms with van der Waals surface area (Å²) in [5.41, 5.74) is 0.808. The van der Waals surface area contributed by atoms with Gasteiger partial charge in [0.15, 0.2) is 13.2 Å². The molecular formula is C27H33F5O5. The first-order chi connectivity index (χ1) is 17.0. The zero-order chi connectivity index (χ0) is 28.0. The molecule has 0 bridgehead atoms. The molecule has 2 aromatic carbocycles. The van der Waals surface area contributed by atoms with Crippen molar-refractivity contribution in [1.82, 2.24) is 0 Å². The monoisotopic (exact) mass is 532 g/mol. The van der Waals surface area contributed by atoms with Gasteiger partial charge in [-0.1, -0.05) is 59.2 Å². The summed E-state index contributed by atoms with van der Waals surface area (Å²) in [6, 6.07) is 10.1. The summed E-state index contributed by atoms with van der Waals surface area (Å²) in [6.07, 6.45) is -4.13. The van der Waals surface area contributed by atoms with Gasteiger partial charge in [0, 0.05) is 0 Å². The second kappa shape index (κ2) is 12.1. The Labute approximate surface area is 213 Å². The molecule has 1 atom stereocenters. The van der Waals surface area contributed by atoms with Crippen molar-refractivity contribution >= 4 is 22.7 Å². The molecule has 37 heavy (non-hydrogen) atoms. The Morgan fingerprint density at radius 2 is 1.54 bits per heavy atom. The van der Waals surface area contributed by atoms with Crippen LogP contribution in [0.15, 0.2) is 36.4 Å². The smallest absolute Gasteiger partial charge is 0.456 e. The Morgan fingerprint density at radius 3 is 2.14 bits per heavy atom. The number of carbonyl (C=O) groups is 2. The van der Waals surface area contributed by atoms with Crippen molar-refractivity contribution in [2.45, 2.75) is 66.2 Å². The first-order valence-corrected chi connectivity index (χ1v) is 12.0. The average molecular weight is 533 g/mol. The second-order valence-corrected chi connectivity index (χ2v) is 10.2. The van der Waals surface area contributed by atoms with Gasteiger partial charge >= 0.3 is 24.0 Å². The van der Waals surface area contributed by atoms with E-state index >= 15 is 0 Å². The van der Waals surface area contributed by atoms with Gasteiger partial charge in [-0.15, -0.1) is 0 Å². The third kappa shape index (κ3) is 8.86. The molecule has 0 saturated carbocycles. The first-order valence-electron chi connectivity index (χ1n) is 12.0. The van der Waals surface area contributed by atoms with E-state index in [0.717, 1.165) is 23.8 Å². The fraction of sp³-hybridized carbons (Fsp3) is 0.556. The zero-order valence-corrected chi connectivity index (χ0v) is 21.6. The van der Waals surface area contributed by atoms with Crippen LogP contribution in [0.4, 0.5) is 22.0 Å². The molecule has 0 aromatic heterocycles. The third-order valence-corrected chi connectivity index (χ3v) is 6.28. The fourth-order valence-electron chi connectivity index (χ4n) is 3.48. The maximum absolute atomic E-state index is 12.8. The second-order valence-electron chi connectivity index (χ2n) is 10.2. The maximum Gasteiger partial charge on any atom is 0.456 e. The van der Waals surface area contributed by atoms with Crippen LogP contribution in [0.3, 0.4) is 0 Å². The number of hydrogen-bond acceptors (Lipinski definition) is 5. The summed E-state index contributed by atoms with van der Waals surface area (Å²) in [4.78, 5) is 24.3. The number of rotatable bonds is 12. The largest absolute Gasteiger partial charge is 0.482 e. The van der Waals surface area contributed by atoms with Crippen molar-refractivity contribution < 1.29 is 45.8 Å². The number of halogens is 5. The van der Waals surface area contributed by atoms with Crippen molar-refractivity contribution in [3.05, 3.63) is 42.0 Å². The number of carbonyl (C=O) groups excluding carboxylic acids is 2. The lowest BCUT2D eigenvalue weighted by Gasteiger charge is -2.29. The highest BCUT2D eigenvalue weighted by Crippen LogP contribution is 2.35. The number of hydrogen-bond donors (Lipinski definition) is 0. The zero-order valence-electron chi connectivity index (χ0n) is 21.6. The van der Waals surface area contributed by atoms with E-state index in [0.29, 0.717) is 5.39 Å². The lowest BCUT2D eigenvalue weighted by molar-refractivity contribution is -0.294. The molecular weight excluding hydrogens is 499 g/mol. The lowest BCUT2D eigenvalue weighted by atomic mass is 9.77. The van der Waals surface area contributed by atoms with E-state index < -0.39 is 31.3 Å². The lowest BCUT2D eigenvalue weighted by Crippen LogP contribution is -2.41. The highest BCUT2D eigenvalue weighted by molar-refractivity contribution is 5.84. The Kier molecular flexibility index (Phi) is 9.91. The van der Waals surface area contributed by atoms with Crippen molar-refractivity contribution in [3.63, 3.8) is 0 Å². The van der Waals surface area contributed by atoms with Crippen molar-refractivity contribution in [3.8, 4) is 5.75 Å². The van der Waals surface area contributed by atoms with Gasteiger partial charge < -0.3 is 14.2 Å². The van der Waals surface area contributed by atoms with E-state index in [1.807, 2.05) is 19.9 Å². The highest BCUT2D eigenvalue weighted by Gasteiger charge is 2.58. The molecule has 2 rings (SSSR count). The van der Waals surface area contributed by atoms with Crippen LogP contribution in [0.1, 0.15) is 53.0 Å². The topological polar surface area (TPSA) is 61.8 Å². The molecule has 0 aliphatic carbocycles. The normalized spacial score (nSPS) is 13.5. The molecule has 0 aliphatic heterocycles. The Bertz CT molecular complexity index is 1080. The van der Waals surface area contributed by atoms with Gasteiger partial charge in [0.05, 0.1) is 5.92 Å². The van der Waals surface area contributed by atoms with E-state index in [1.165, 1.54) is 6.07 Å². The molecule has 1 unspecified atom stereocenters. The first kappa shape index (κ1) is 30.3. The van der Waals surface area contributed by atoms with Crippen LogP contribution in [0.2, 0.25) is 0 Å². The third-order valence-electron chi connectivity index (χ3n) is 6.28. The van der Waals surface area contributed by atoms with Gasteiger partial charge in [0.2, 0.25) is 0 Å². The van der Waals surface area contributed by atoms with Crippen LogP contribution in [-0.4, -0.2) is 37.3 Å². The van der Waals surface area contributed by atoms with E-state index in [4.69, 9.17) is 9.47 Å². The van der Waals surface area contributed by atoms with Crippen molar-refractivity contribution in [1.29, 1.82) is 0 Å². The molecule has 0 radical (unpaired) electrons. The van der Waals surface area contributed by atoms with Gasteiger partial charge in [-0.3, -0.25) is 4.79 Å². The van der Waals surface area contributed by atoms with Crippen molar-refractivity contribution in [2.75, 3.05) is 13.2 Å². The van der Waals surface area contributed by atoms with Crippen LogP contribution in [0.25, 0.3) is 10.8 Å². The molecule has 0 spiro atoms. The standard InChI is InChI=1S/C27H33F5O5/c1-6-25(4,5)13-22(17(2)3)24(34)36-14-18-7-8-20-12-21(10-9-19(20)11-18)35-15-23(33)37-16-26(28,29)27(30,31)32/h7-12,17,22H,6,13-16H2,1-5H3. The molecule has 10 heteroatoms. The van der Waals surface area contributed by atoms with Crippen LogP contribution < -0.4 is 4.74 Å². The fourth-order valence-corrected chi connectivity index (χ4v) is 3.48. The molecule has 0 amide bonds. The highest BCUT2D eigenvalue weighted by atomic mass is 19.4. The van der Waals surface area contributed by atoms with E-state index in [9.17, 15) is 31.5 Å². The molecule has 206 valence electrons. The number of esters is 2.